The minimum Gasteiger partial charge on any atom is -0.301 e. The maximum atomic E-state index is 12.6. The predicted octanol–water partition coefficient (Wildman–Crippen LogP) is 2.96. The standard InChI is InChI=1S/C10H4F6N2O/c11-9(12,13)4-1-2-6-5(3-4)7(10(14,15)16)18-8(19)17-6/h1-3H,(H,17,18,19). The Morgan fingerprint density at radius 3 is 2.16 bits per heavy atom. The summed E-state index contributed by atoms with van der Waals surface area (Å²) < 4.78 is 75.3. The largest absolute Gasteiger partial charge is 0.432 e. The van der Waals surface area contributed by atoms with Gasteiger partial charge in [-0.2, -0.15) is 31.3 Å². The molecule has 0 amide bonds. The van der Waals surface area contributed by atoms with E-state index in [4.69, 9.17) is 0 Å². The van der Waals surface area contributed by atoms with Crippen LogP contribution in [0.1, 0.15) is 11.3 Å². The molecule has 0 aliphatic rings. The molecule has 0 bridgehead atoms. The third-order valence-electron chi connectivity index (χ3n) is 2.33. The molecule has 0 saturated heterocycles. The molecule has 0 radical (unpaired) electrons. The molecule has 1 aromatic heterocycles. The molecule has 2 aromatic rings. The normalized spacial score (nSPS) is 12.9. The fourth-order valence-corrected chi connectivity index (χ4v) is 1.55. The van der Waals surface area contributed by atoms with Crippen LogP contribution in [0.5, 0.6) is 0 Å². The molecule has 19 heavy (non-hydrogen) atoms. The lowest BCUT2D eigenvalue weighted by Crippen LogP contribution is -2.19. The molecule has 0 atom stereocenters. The molecule has 3 nitrogen and oxygen atoms in total. The van der Waals surface area contributed by atoms with Crippen LogP contribution in [0, 0.1) is 0 Å². The van der Waals surface area contributed by atoms with E-state index in [-0.39, 0.29) is 0 Å². The average Bonchev–Trinajstić information content (AvgIpc) is 2.24. The van der Waals surface area contributed by atoms with Crippen LogP contribution in [-0.2, 0) is 12.4 Å². The van der Waals surface area contributed by atoms with Gasteiger partial charge in [-0.25, -0.2) is 4.79 Å². The number of hydrogen-bond acceptors (Lipinski definition) is 2. The third-order valence-corrected chi connectivity index (χ3v) is 2.33. The number of fused-ring (bicyclic) bond motifs is 1. The number of halogens is 6. The smallest absolute Gasteiger partial charge is 0.301 e. The van der Waals surface area contributed by atoms with E-state index in [1.165, 1.54) is 4.98 Å². The highest BCUT2D eigenvalue weighted by atomic mass is 19.4. The predicted molar refractivity (Wildman–Crippen MR) is 52.4 cm³/mol. The van der Waals surface area contributed by atoms with E-state index in [1.54, 1.807) is 0 Å². The van der Waals surface area contributed by atoms with Gasteiger partial charge in [0.05, 0.1) is 11.1 Å². The first-order valence-corrected chi connectivity index (χ1v) is 4.77. The van der Waals surface area contributed by atoms with Crippen molar-refractivity contribution in [3.63, 3.8) is 0 Å². The van der Waals surface area contributed by atoms with Crippen LogP contribution in [0.2, 0.25) is 0 Å². The van der Waals surface area contributed by atoms with Crippen molar-refractivity contribution in [2.45, 2.75) is 12.4 Å². The number of H-pyrrole nitrogens is 1. The second-order valence-corrected chi connectivity index (χ2v) is 3.64. The van der Waals surface area contributed by atoms with Crippen LogP contribution in [0.15, 0.2) is 23.0 Å². The lowest BCUT2D eigenvalue weighted by molar-refractivity contribution is -0.141. The van der Waals surface area contributed by atoms with E-state index in [0.29, 0.717) is 12.1 Å². The Balaban J connectivity index is 2.84. The minimum atomic E-state index is -4.98. The Kier molecular flexibility index (Phi) is 2.79. The molecule has 2 rings (SSSR count). The van der Waals surface area contributed by atoms with Gasteiger partial charge in [0.25, 0.3) is 0 Å². The molecule has 102 valence electrons. The molecular formula is C10H4F6N2O. The molecule has 9 heteroatoms. The Morgan fingerprint density at radius 2 is 1.63 bits per heavy atom. The number of nitrogens with zero attached hydrogens (tertiary/aromatic N) is 1. The van der Waals surface area contributed by atoms with Crippen molar-refractivity contribution in [1.29, 1.82) is 0 Å². The van der Waals surface area contributed by atoms with Gasteiger partial charge < -0.3 is 4.98 Å². The molecule has 0 unspecified atom stereocenters. The third kappa shape index (κ3) is 2.54. The summed E-state index contributed by atoms with van der Waals surface area (Å²) in [5.74, 6) is 0. The van der Waals surface area contributed by atoms with Gasteiger partial charge in [0.2, 0.25) is 0 Å². The first-order valence-electron chi connectivity index (χ1n) is 4.77. The van der Waals surface area contributed by atoms with Crippen LogP contribution in [0.4, 0.5) is 26.3 Å². The summed E-state index contributed by atoms with van der Waals surface area (Å²) in [6, 6.07) is 1.60. The number of benzene rings is 1. The highest BCUT2D eigenvalue weighted by Crippen LogP contribution is 2.35. The molecule has 0 aliphatic carbocycles. The molecule has 1 aromatic carbocycles. The lowest BCUT2D eigenvalue weighted by atomic mass is 10.1. The SMILES string of the molecule is O=c1nc2ccc(C(F)(F)F)cc2c(C(F)(F)F)[nH]1. The summed E-state index contributed by atoms with van der Waals surface area (Å²) in [6.45, 7) is 0. The average molecular weight is 282 g/mol. The second-order valence-electron chi connectivity index (χ2n) is 3.64. The quantitative estimate of drug-likeness (QED) is 0.755. The van der Waals surface area contributed by atoms with Gasteiger partial charge in [-0.3, -0.25) is 0 Å². The Morgan fingerprint density at radius 1 is 1.00 bits per heavy atom. The summed E-state index contributed by atoms with van der Waals surface area (Å²) >= 11 is 0. The first kappa shape index (κ1) is 13.4. The summed E-state index contributed by atoms with van der Waals surface area (Å²) in [5.41, 5.74) is -4.53. The van der Waals surface area contributed by atoms with Gasteiger partial charge in [0.1, 0.15) is 5.69 Å². The minimum absolute atomic E-state index is 0.307. The fourth-order valence-electron chi connectivity index (χ4n) is 1.55. The Hall–Kier alpha value is -2.06. The maximum absolute atomic E-state index is 12.6. The van der Waals surface area contributed by atoms with Crippen LogP contribution in [-0.4, -0.2) is 9.97 Å². The van der Waals surface area contributed by atoms with Gasteiger partial charge in [-0.05, 0) is 18.2 Å². The number of alkyl halides is 6. The van der Waals surface area contributed by atoms with Crippen molar-refractivity contribution < 1.29 is 26.3 Å². The molecular weight excluding hydrogens is 278 g/mol. The van der Waals surface area contributed by atoms with E-state index in [1.807, 2.05) is 0 Å². The zero-order valence-corrected chi connectivity index (χ0v) is 8.86. The van der Waals surface area contributed by atoms with Crippen molar-refractivity contribution >= 4 is 10.9 Å². The van der Waals surface area contributed by atoms with Crippen molar-refractivity contribution in [3.05, 3.63) is 39.9 Å². The number of rotatable bonds is 0. The molecule has 0 saturated carbocycles. The lowest BCUT2D eigenvalue weighted by Gasteiger charge is -2.11. The maximum Gasteiger partial charge on any atom is 0.432 e. The van der Waals surface area contributed by atoms with Gasteiger partial charge in [-0.1, -0.05) is 0 Å². The highest BCUT2D eigenvalue weighted by molar-refractivity contribution is 5.82. The van der Waals surface area contributed by atoms with E-state index in [0.717, 1.165) is 6.07 Å². The van der Waals surface area contributed by atoms with Crippen LogP contribution >= 0.6 is 0 Å². The summed E-state index contributed by atoms with van der Waals surface area (Å²) in [7, 11) is 0. The fraction of sp³-hybridized carbons (Fsp3) is 0.200. The number of nitrogens with one attached hydrogen (secondary N) is 1. The van der Waals surface area contributed by atoms with Gasteiger partial charge >= 0.3 is 18.0 Å². The molecule has 0 spiro atoms. The first-order chi connectivity index (χ1) is 8.59. The number of aromatic amines is 1. The Bertz CT molecular complexity index is 685. The van der Waals surface area contributed by atoms with Crippen molar-refractivity contribution in [3.8, 4) is 0 Å². The van der Waals surface area contributed by atoms with E-state index in [9.17, 15) is 31.1 Å². The van der Waals surface area contributed by atoms with Crippen molar-refractivity contribution in [1.82, 2.24) is 9.97 Å². The summed E-state index contributed by atoms with van der Waals surface area (Å²) in [4.78, 5) is 15.5. The molecule has 0 fully saturated rings. The number of aromatic nitrogens is 2. The van der Waals surface area contributed by atoms with E-state index in [2.05, 4.69) is 4.98 Å². The zero-order chi connectivity index (χ0) is 14.4. The topological polar surface area (TPSA) is 45.8 Å². The van der Waals surface area contributed by atoms with Crippen molar-refractivity contribution in [2.75, 3.05) is 0 Å². The van der Waals surface area contributed by atoms with Gasteiger partial charge in [-0.15, -0.1) is 0 Å². The van der Waals surface area contributed by atoms with Crippen LogP contribution in [0.3, 0.4) is 0 Å². The summed E-state index contributed by atoms with van der Waals surface area (Å²) in [6.07, 6.45) is -9.77. The molecule has 1 N–H and O–H groups in total. The zero-order valence-electron chi connectivity index (χ0n) is 8.86. The second kappa shape index (κ2) is 3.97. The van der Waals surface area contributed by atoms with Crippen LogP contribution < -0.4 is 5.69 Å². The monoisotopic (exact) mass is 282 g/mol. The highest BCUT2D eigenvalue weighted by Gasteiger charge is 2.36. The molecule has 1 heterocycles. The van der Waals surface area contributed by atoms with Gasteiger partial charge in [0, 0.05) is 5.39 Å². The van der Waals surface area contributed by atoms with Crippen molar-refractivity contribution in [2.24, 2.45) is 0 Å². The van der Waals surface area contributed by atoms with Gasteiger partial charge in [0.15, 0.2) is 0 Å². The number of hydrogen-bond donors (Lipinski definition) is 1. The van der Waals surface area contributed by atoms with E-state index >= 15 is 0 Å². The Labute approximate surface area is 100 Å². The molecule has 0 aliphatic heterocycles. The summed E-state index contributed by atoms with van der Waals surface area (Å²) in [5, 5.41) is -0.804. The van der Waals surface area contributed by atoms with E-state index < -0.39 is 40.2 Å². The van der Waals surface area contributed by atoms with Crippen LogP contribution in [0.25, 0.3) is 10.9 Å².